The first-order chi connectivity index (χ1) is 5.18. The molecule has 0 unspecified atom stereocenters. The maximum Gasteiger partial charge on any atom is 0.303 e. The minimum atomic E-state index is -0.729. The van der Waals surface area contributed by atoms with Gasteiger partial charge in [0.2, 0.25) is 0 Å². The summed E-state index contributed by atoms with van der Waals surface area (Å²) >= 11 is 0. The minimum Gasteiger partial charge on any atom is -0.481 e. The molecule has 1 aliphatic heterocycles. The van der Waals surface area contributed by atoms with Gasteiger partial charge in [0.05, 0.1) is 12.2 Å². The van der Waals surface area contributed by atoms with Gasteiger partial charge in [-0.2, -0.15) is 0 Å². The highest BCUT2D eigenvalue weighted by molar-refractivity contribution is 5.66. The molecule has 0 spiro atoms. The fourth-order valence-corrected chi connectivity index (χ4v) is 1.38. The number of carbonyl (C=O) groups is 1. The first kappa shape index (κ1) is 8.53. The molecule has 0 aliphatic carbocycles. The number of rotatable bonds is 3. The zero-order chi connectivity index (χ0) is 8.27. The Bertz CT molecular complexity index is 144. The molecule has 1 rings (SSSR count). The molecule has 1 heterocycles. The molecule has 2 atom stereocenters. The van der Waals surface area contributed by atoms with Gasteiger partial charge in [0.25, 0.3) is 0 Å². The maximum atomic E-state index is 10.2. The Morgan fingerprint density at radius 3 is 2.82 bits per heavy atom. The molecule has 1 saturated heterocycles. The van der Waals surface area contributed by atoms with Crippen molar-refractivity contribution in [2.24, 2.45) is 0 Å². The summed E-state index contributed by atoms with van der Waals surface area (Å²) in [7, 11) is 0. The van der Waals surface area contributed by atoms with E-state index in [-0.39, 0.29) is 12.5 Å². The second-order valence-corrected chi connectivity index (χ2v) is 3.08. The van der Waals surface area contributed by atoms with Crippen LogP contribution in [0, 0.1) is 0 Å². The van der Waals surface area contributed by atoms with Crippen LogP contribution in [0.5, 0.6) is 0 Å². The highest BCUT2D eigenvalue weighted by Crippen LogP contribution is 2.22. The monoisotopic (exact) mass is 158 g/mol. The van der Waals surface area contributed by atoms with Gasteiger partial charge in [0.15, 0.2) is 0 Å². The third-order valence-corrected chi connectivity index (χ3v) is 2.00. The highest BCUT2D eigenvalue weighted by Gasteiger charge is 2.21. The molecule has 0 aromatic carbocycles. The zero-order valence-electron chi connectivity index (χ0n) is 6.75. The lowest BCUT2D eigenvalue weighted by molar-refractivity contribution is -0.137. The van der Waals surface area contributed by atoms with E-state index in [4.69, 9.17) is 9.84 Å². The molecule has 1 fully saturated rings. The SMILES string of the molecule is C[C@@H]1CC[C@H](CCC(=O)O)O1. The van der Waals surface area contributed by atoms with Gasteiger partial charge in [-0.3, -0.25) is 4.79 Å². The van der Waals surface area contributed by atoms with Crippen LogP contribution in [0.1, 0.15) is 32.6 Å². The van der Waals surface area contributed by atoms with Crippen molar-refractivity contribution in [3.63, 3.8) is 0 Å². The summed E-state index contributed by atoms with van der Waals surface area (Å²) in [6, 6.07) is 0. The van der Waals surface area contributed by atoms with E-state index in [9.17, 15) is 4.79 Å². The third-order valence-electron chi connectivity index (χ3n) is 2.00. The van der Waals surface area contributed by atoms with Crippen LogP contribution in [-0.4, -0.2) is 23.3 Å². The number of carboxylic acids is 1. The first-order valence-corrected chi connectivity index (χ1v) is 4.05. The normalized spacial score (nSPS) is 30.6. The average molecular weight is 158 g/mol. The van der Waals surface area contributed by atoms with E-state index < -0.39 is 5.97 Å². The fourth-order valence-electron chi connectivity index (χ4n) is 1.38. The van der Waals surface area contributed by atoms with Crippen LogP contribution < -0.4 is 0 Å². The third kappa shape index (κ3) is 2.89. The van der Waals surface area contributed by atoms with E-state index >= 15 is 0 Å². The summed E-state index contributed by atoms with van der Waals surface area (Å²) in [4.78, 5) is 10.2. The largest absolute Gasteiger partial charge is 0.481 e. The lowest BCUT2D eigenvalue weighted by atomic mass is 10.1. The number of ether oxygens (including phenoxy) is 1. The van der Waals surface area contributed by atoms with Crippen LogP contribution in [0.2, 0.25) is 0 Å². The van der Waals surface area contributed by atoms with Crippen LogP contribution in [0.4, 0.5) is 0 Å². The average Bonchev–Trinajstić information content (AvgIpc) is 2.31. The van der Waals surface area contributed by atoms with Crippen molar-refractivity contribution >= 4 is 5.97 Å². The summed E-state index contributed by atoms with van der Waals surface area (Å²) in [5.74, 6) is -0.729. The molecule has 11 heavy (non-hydrogen) atoms. The van der Waals surface area contributed by atoms with E-state index in [1.807, 2.05) is 6.92 Å². The molecule has 0 aromatic rings. The molecule has 1 N–H and O–H groups in total. The predicted molar refractivity (Wildman–Crippen MR) is 40.4 cm³/mol. The van der Waals surface area contributed by atoms with Crippen molar-refractivity contribution < 1.29 is 14.6 Å². The molecule has 3 nitrogen and oxygen atoms in total. The Morgan fingerprint density at radius 1 is 1.64 bits per heavy atom. The van der Waals surface area contributed by atoms with Crippen LogP contribution in [0.25, 0.3) is 0 Å². The van der Waals surface area contributed by atoms with E-state index in [1.165, 1.54) is 0 Å². The highest BCUT2D eigenvalue weighted by atomic mass is 16.5. The summed E-state index contributed by atoms with van der Waals surface area (Å²) in [5.41, 5.74) is 0. The van der Waals surface area contributed by atoms with Gasteiger partial charge in [-0.25, -0.2) is 0 Å². The maximum absolute atomic E-state index is 10.2. The van der Waals surface area contributed by atoms with Crippen molar-refractivity contribution in [1.82, 2.24) is 0 Å². The number of carboxylic acid groups (broad SMARTS) is 1. The Labute approximate surface area is 66.4 Å². The summed E-state index contributed by atoms with van der Waals surface area (Å²) in [5, 5.41) is 8.38. The molecule has 64 valence electrons. The Hall–Kier alpha value is -0.570. The quantitative estimate of drug-likeness (QED) is 0.675. The molecule has 0 radical (unpaired) electrons. The standard InChI is InChI=1S/C8H14O3/c1-6-2-3-7(11-6)4-5-8(9)10/h6-7H,2-5H2,1H3,(H,9,10)/t6-,7-/m1/s1. The Balaban J connectivity index is 2.13. The molecule has 0 amide bonds. The lowest BCUT2D eigenvalue weighted by Gasteiger charge is -2.08. The van der Waals surface area contributed by atoms with E-state index in [1.54, 1.807) is 0 Å². The lowest BCUT2D eigenvalue weighted by Crippen LogP contribution is -2.10. The van der Waals surface area contributed by atoms with Crippen molar-refractivity contribution in [2.75, 3.05) is 0 Å². The minimum absolute atomic E-state index is 0.195. The zero-order valence-corrected chi connectivity index (χ0v) is 6.75. The van der Waals surface area contributed by atoms with Crippen LogP contribution in [0.15, 0.2) is 0 Å². The van der Waals surface area contributed by atoms with Crippen LogP contribution >= 0.6 is 0 Å². The molecule has 1 aliphatic rings. The fraction of sp³-hybridized carbons (Fsp3) is 0.875. The van der Waals surface area contributed by atoms with Gasteiger partial charge in [-0.1, -0.05) is 0 Å². The van der Waals surface area contributed by atoms with Gasteiger partial charge in [0.1, 0.15) is 0 Å². The predicted octanol–water partition coefficient (Wildman–Crippen LogP) is 1.42. The van der Waals surface area contributed by atoms with Crippen molar-refractivity contribution in [1.29, 1.82) is 0 Å². The molecule has 0 aromatic heterocycles. The van der Waals surface area contributed by atoms with Crippen LogP contribution in [0.3, 0.4) is 0 Å². The van der Waals surface area contributed by atoms with Crippen molar-refractivity contribution in [3.8, 4) is 0 Å². The number of aliphatic carboxylic acids is 1. The first-order valence-electron chi connectivity index (χ1n) is 4.05. The Kier molecular flexibility index (Phi) is 2.88. The van der Waals surface area contributed by atoms with Crippen LogP contribution in [-0.2, 0) is 9.53 Å². The summed E-state index contributed by atoms with van der Waals surface area (Å²) in [6.07, 6.45) is 3.52. The van der Waals surface area contributed by atoms with Crippen molar-refractivity contribution in [2.45, 2.75) is 44.8 Å². The van der Waals surface area contributed by atoms with E-state index in [2.05, 4.69) is 0 Å². The van der Waals surface area contributed by atoms with Gasteiger partial charge in [-0.15, -0.1) is 0 Å². The van der Waals surface area contributed by atoms with Crippen molar-refractivity contribution in [3.05, 3.63) is 0 Å². The van der Waals surface area contributed by atoms with Gasteiger partial charge in [0, 0.05) is 6.42 Å². The van der Waals surface area contributed by atoms with E-state index in [0.717, 1.165) is 12.8 Å². The smallest absolute Gasteiger partial charge is 0.303 e. The summed E-state index contributed by atoms with van der Waals surface area (Å²) < 4.78 is 5.45. The Morgan fingerprint density at radius 2 is 2.36 bits per heavy atom. The van der Waals surface area contributed by atoms with Gasteiger partial charge >= 0.3 is 5.97 Å². The second kappa shape index (κ2) is 3.72. The molecule has 0 bridgehead atoms. The van der Waals surface area contributed by atoms with Gasteiger partial charge < -0.3 is 9.84 Å². The molecule has 0 saturated carbocycles. The second-order valence-electron chi connectivity index (χ2n) is 3.08. The van der Waals surface area contributed by atoms with E-state index in [0.29, 0.717) is 12.5 Å². The summed E-state index contributed by atoms with van der Waals surface area (Å²) in [6.45, 7) is 2.03. The molecule has 3 heteroatoms. The van der Waals surface area contributed by atoms with Gasteiger partial charge in [-0.05, 0) is 26.2 Å². The number of hydrogen-bond donors (Lipinski definition) is 1. The molecular weight excluding hydrogens is 144 g/mol. The topological polar surface area (TPSA) is 46.5 Å². The number of hydrogen-bond acceptors (Lipinski definition) is 2. The molecular formula is C8H14O3.